The molecular formula is C16H18O4. The smallest absolute Gasteiger partial charge is 0.318 e. The number of ether oxygens (including phenoxy) is 2. The number of hydrogen-bond acceptors (Lipinski definition) is 4. The molecule has 0 amide bonds. The fourth-order valence-corrected chi connectivity index (χ4v) is 1.61. The second-order valence-corrected chi connectivity index (χ2v) is 4.99. The second kappa shape index (κ2) is 6.89. The first-order valence-corrected chi connectivity index (χ1v) is 6.72. The van der Waals surface area contributed by atoms with Crippen LogP contribution in [0.25, 0.3) is 6.08 Å². The normalized spacial score (nSPS) is 14.2. The molecule has 0 N–H and O–H groups in total. The fraction of sp³-hybridized carbons (Fsp3) is 0.375. The first-order valence-electron chi connectivity index (χ1n) is 6.72. The molecule has 0 radical (unpaired) electrons. The van der Waals surface area contributed by atoms with E-state index in [0.29, 0.717) is 0 Å². The molecule has 1 saturated carbocycles. The van der Waals surface area contributed by atoms with Crippen LogP contribution >= 0.6 is 0 Å². The van der Waals surface area contributed by atoms with Gasteiger partial charge in [0.05, 0.1) is 12.9 Å². The molecule has 0 heterocycles. The Morgan fingerprint density at radius 1 is 1.25 bits per heavy atom. The zero-order valence-corrected chi connectivity index (χ0v) is 11.5. The van der Waals surface area contributed by atoms with Crippen molar-refractivity contribution in [3.63, 3.8) is 0 Å². The van der Waals surface area contributed by atoms with Crippen LogP contribution in [0.15, 0.2) is 30.5 Å². The topological polar surface area (TPSA) is 52.6 Å². The standard InChI is InChI=1S/C16H18O4/c1-12(17)10-16(18)19-9-8-13-4-6-15(7-5-13)20-11-14-2-3-14/h4-9,14H,2-3,10-11H2,1H3/b9-8+. The van der Waals surface area contributed by atoms with Crippen LogP contribution in [0.1, 0.15) is 31.7 Å². The third-order valence-electron chi connectivity index (χ3n) is 2.92. The molecule has 0 spiro atoms. The van der Waals surface area contributed by atoms with Crippen molar-refractivity contribution in [2.45, 2.75) is 26.2 Å². The third-order valence-corrected chi connectivity index (χ3v) is 2.92. The summed E-state index contributed by atoms with van der Waals surface area (Å²) >= 11 is 0. The van der Waals surface area contributed by atoms with Gasteiger partial charge >= 0.3 is 5.97 Å². The molecule has 106 valence electrons. The highest BCUT2D eigenvalue weighted by Gasteiger charge is 2.21. The van der Waals surface area contributed by atoms with E-state index in [1.165, 1.54) is 26.0 Å². The van der Waals surface area contributed by atoms with Crippen LogP contribution in [0.3, 0.4) is 0 Å². The van der Waals surface area contributed by atoms with Crippen LogP contribution in [0.2, 0.25) is 0 Å². The molecule has 4 nitrogen and oxygen atoms in total. The lowest BCUT2D eigenvalue weighted by atomic mass is 10.2. The Kier molecular flexibility index (Phi) is 4.93. The Morgan fingerprint density at radius 2 is 1.95 bits per heavy atom. The molecule has 1 fully saturated rings. The maximum atomic E-state index is 11.1. The van der Waals surface area contributed by atoms with Gasteiger partial charge in [0.1, 0.15) is 18.0 Å². The van der Waals surface area contributed by atoms with E-state index in [-0.39, 0.29) is 12.2 Å². The first kappa shape index (κ1) is 14.3. The number of Topliss-reactive ketones (excluding diaryl/α,β-unsaturated/α-hetero) is 1. The van der Waals surface area contributed by atoms with Gasteiger partial charge in [-0.3, -0.25) is 9.59 Å². The molecule has 0 unspecified atom stereocenters. The van der Waals surface area contributed by atoms with Crippen LogP contribution in [0, 0.1) is 5.92 Å². The lowest BCUT2D eigenvalue weighted by molar-refractivity contribution is -0.140. The second-order valence-electron chi connectivity index (χ2n) is 4.99. The minimum absolute atomic E-state index is 0.196. The zero-order valence-electron chi connectivity index (χ0n) is 11.5. The summed E-state index contributed by atoms with van der Waals surface area (Å²) in [6.45, 7) is 2.14. The van der Waals surface area contributed by atoms with E-state index in [1.54, 1.807) is 6.08 Å². The lowest BCUT2D eigenvalue weighted by Crippen LogP contribution is -2.04. The molecule has 0 bridgehead atoms. The van der Waals surface area contributed by atoms with Crippen LogP contribution in [-0.2, 0) is 14.3 Å². The third kappa shape index (κ3) is 5.26. The Bertz CT molecular complexity index is 498. The maximum Gasteiger partial charge on any atom is 0.318 e. The highest BCUT2D eigenvalue weighted by Crippen LogP contribution is 2.29. The SMILES string of the molecule is CC(=O)CC(=O)O/C=C/c1ccc(OCC2CC2)cc1. The van der Waals surface area contributed by atoms with Gasteiger partial charge in [0.25, 0.3) is 0 Å². The molecule has 2 rings (SSSR count). The van der Waals surface area contributed by atoms with E-state index in [0.717, 1.165) is 23.8 Å². The Morgan fingerprint density at radius 3 is 2.55 bits per heavy atom. The summed E-state index contributed by atoms with van der Waals surface area (Å²) in [4.78, 5) is 21.8. The van der Waals surface area contributed by atoms with Crippen LogP contribution in [0.5, 0.6) is 5.75 Å². The van der Waals surface area contributed by atoms with E-state index >= 15 is 0 Å². The van der Waals surface area contributed by atoms with Gasteiger partial charge in [-0.2, -0.15) is 0 Å². The van der Waals surface area contributed by atoms with Crippen molar-refractivity contribution < 1.29 is 19.1 Å². The van der Waals surface area contributed by atoms with Gasteiger partial charge in [-0.25, -0.2) is 0 Å². The lowest BCUT2D eigenvalue weighted by Gasteiger charge is -2.04. The Balaban J connectivity index is 1.77. The summed E-state index contributed by atoms with van der Waals surface area (Å²) in [5, 5.41) is 0. The average molecular weight is 274 g/mol. The molecule has 0 atom stereocenters. The van der Waals surface area contributed by atoms with Gasteiger partial charge in [0, 0.05) is 0 Å². The van der Waals surface area contributed by atoms with Crippen molar-refractivity contribution in [1.82, 2.24) is 0 Å². The molecule has 0 saturated heterocycles. The van der Waals surface area contributed by atoms with Crippen molar-refractivity contribution in [2.75, 3.05) is 6.61 Å². The molecule has 1 aromatic carbocycles. The van der Waals surface area contributed by atoms with Crippen LogP contribution in [-0.4, -0.2) is 18.4 Å². The summed E-state index contributed by atoms with van der Waals surface area (Å²) < 4.78 is 10.4. The molecule has 0 aromatic heterocycles. The van der Waals surface area contributed by atoms with Crippen molar-refractivity contribution >= 4 is 17.8 Å². The van der Waals surface area contributed by atoms with E-state index in [4.69, 9.17) is 9.47 Å². The van der Waals surface area contributed by atoms with E-state index < -0.39 is 5.97 Å². The van der Waals surface area contributed by atoms with E-state index in [1.807, 2.05) is 24.3 Å². The number of esters is 1. The predicted octanol–water partition coefficient (Wildman–Crippen LogP) is 2.97. The number of ketones is 1. The molecule has 1 aliphatic rings. The summed E-state index contributed by atoms with van der Waals surface area (Å²) in [5.74, 6) is 0.830. The monoisotopic (exact) mass is 274 g/mol. The number of rotatable bonds is 7. The van der Waals surface area contributed by atoms with Crippen molar-refractivity contribution in [3.05, 3.63) is 36.1 Å². The zero-order chi connectivity index (χ0) is 14.4. The Hall–Kier alpha value is -2.10. The summed E-state index contributed by atoms with van der Waals surface area (Å²) in [7, 11) is 0. The highest BCUT2D eigenvalue weighted by atomic mass is 16.5. The Labute approximate surface area is 118 Å². The summed E-state index contributed by atoms with van der Waals surface area (Å²) in [6, 6.07) is 7.55. The quantitative estimate of drug-likeness (QED) is 0.436. The molecule has 20 heavy (non-hydrogen) atoms. The maximum absolute atomic E-state index is 11.1. The number of benzene rings is 1. The average Bonchev–Trinajstić information content (AvgIpc) is 3.21. The first-order chi connectivity index (χ1) is 9.63. The predicted molar refractivity (Wildman–Crippen MR) is 75.1 cm³/mol. The summed E-state index contributed by atoms with van der Waals surface area (Å²) in [6.07, 6.45) is 5.31. The minimum atomic E-state index is -0.543. The number of carbonyl (C=O) groups is 2. The van der Waals surface area contributed by atoms with Gasteiger partial charge < -0.3 is 9.47 Å². The van der Waals surface area contributed by atoms with Gasteiger partial charge in [0.2, 0.25) is 0 Å². The van der Waals surface area contributed by atoms with E-state index in [9.17, 15) is 9.59 Å². The minimum Gasteiger partial charge on any atom is -0.493 e. The molecule has 1 aromatic rings. The van der Waals surface area contributed by atoms with Crippen molar-refractivity contribution in [1.29, 1.82) is 0 Å². The molecule has 1 aliphatic carbocycles. The number of carbonyl (C=O) groups excluding carboxylic acids is 2. The van der Waals surface area contributed by atoms with Crippen molar-refractivity contribution in [2.24, 2.45) is 5.92 Å². The van der Waals surface area contributed by atoms with Gasteiger partial charge in [-0.15, -0.1) is 0 Å². The van der Waals surface area contributed by atoms with Gasteiger partial charge in [0.15, 0.2) is 0 Å². The van der Waals surface area contributed by atoms with Gasteiger partial charge in [-0.1, -0.05) is 12.1 Å². The van der Waals surface area contributed by atoms with Crippen molar-refractivity contribution in [3.8, 4) is 5.75 Å². The summed E-state index contributed by atoms with van der Waals surface area (Å²) in [5.41, 5.74) is 0.902. The molecular weight excluding hydrogens is 256 g/mol. The van der Waals surface area contributed by atoms with E-state index in [2.05, 4.69) is 0 Å². The van der Waals surface area contributed by atoms with Crippen LogP contribution < -0.4 is 4.74 Å². The van der Waals surface area contributed by atoms with Gasteiger partial charge in [-0.05, 0) is 49.5 Å². The molecule has 4 heteroatoms. The largest absolute Gasteiger partial charge is 0.493 e. The van der Waals surface area contributed by atoms with Crippen LogP contribution in [0.4, 0.5) is 0 Å². The fourth-order valence-electron chi connectivity index (χ4n) is 1.61. The highest BCUT2D eigenvalue weighted by molar-refractivity contribution is 5.94. The molecule has 0 aliphatic heterocycles. The number of hydrogen-bond donors (Lipinski definition) is 0.